The molecule has 0 saturated heterocycles. The predicted molar refractivity (Wildman–Crippen MR) is 108 cm³/mol. The summed E-state index contributed by atoms with van der Waals surface area (Å²) in [5, 5.41) is 1.84. The lowest BCUT2D eigenvalue weighted by Gasteiger charge is -2.18. The minimum absolute atomic E-state index is 0.148. The number of esters is 1. The molecule has 1 atom stereocenters. The maximum absolute atomic E-state index is 13.1. The van der Waals surface area contributed by atoms with E-state index in [1.165, 1.54) is 18.4 Å². The first kappa shape index (κ1) is 22.2. The lowest BCUT2D eigenvalue weighted by molar-refractivity contribution is -0.149. The van der Waals surface area contributed by atoms with Crippen LogP contribution in [0.1, 0.15) is 23.0 Å². The fourth-order valence-electron chi connectivity index (χ4n) is 2.62. The molecule has 0 spiro atoms. The van der Waals surface area contributed by atoms with Gasteiger partial charge >= 0.3 is 12.1 Å². The van der Waals surface area contributed by atoms with Gasteiger partial charge in [-0.05, 0) is 36.4 Å². The number of amides is 1. The lowest BCUT2D eigenvalue weighted by Crippen LogP contribution is -2.25. The first-order chi connectivity index (χ1) is 14.7. The van der Waals surface area contributed by atoms with Gasteiger partial charge in [-0.2, -0.15) is 13.2 Å². The number of anilines is 1. The largest absolute Gasteiger partial charge is 0.465 e. The average molecular weight is 450 g/mol. The quantitative estimate of drug-likeness (QED) is 0.376. The number of nitrogens with one attached hydrogen (secondary N) is 1. The van der Waals surface area contributed by atoms with Gasteiger partial charge < -0.3 is 14.5 Å². The maximum atomic E-state index is 13.1. The Bertz CT molecular complexity index is 1080. The first-order valence-electron chi connectivity index (χ1n) is 8.89. The molecule has 1 aromatic heterocycles. The van der Waals surface area contributed by atoms with Crippen LogP contribution in [0.25, 0.3) is 6.08 Å². The molecule has 1 amide bonds. The molecule has 1 heterocycles. The highest BCUT2D eigenvalue weighted by atomic mass is 35.5. The van der Waals surface area contributed by atoms with Gasteiger partial charge in [0.25, 0.3) is 5.91 Å². The van der Waals surface area contributed by atoms with E-state index in [2.05, 4.69) is 5.32 Å². The Morgan fingerprint density at radius 2 is 1.81 bits per heavy atom. The summed E-state index contributed by atoms with van der Waals surface area (Å²) in [4.78, 5) is 25.0. The number of carbonyl (C=O) groups excluding carboxylic acids is 2. The zero-order valence-electron chi connectivity index (χ0n) is 15.7. The number of alkyl halides is 3. The topological polar surface area (TPSA) is 68.5 Å². The van der Waals surface area contributed by atoms with Crippen molar-refractivity contribution < 1.29 is 31.9 Å². The highest BCUT2D eigenvalue weighted by Crippen LogP contribution is 2.36. The van der Waals surface area contributed by atoms with Crippen LogP contribution in [0.15, 0.2) is 77.4 Å². The van der Waals surface area contributed by atoms with Crippen LogP contribution in [0, 0.1) is 0 Å². The van der Waals surface area contributed by atoms with Gasteiger partial charge in [0.15, 0.2) is 0 Å². The Morgan fingerprint density at radius 3 is 2.45 bits per heavy atom. The van der Waals surface area contributed by atoms with Gasteiger partial charge in [-0.25, -0.2) is 4.79 Å². The van der Waals surface area contributed by atoms with Crippen molar-refractivity contribution >= 4 is 35.2 Å². The lowest BCUT2D eigenvalue weighted by atomic mass is 10.1. The fourth-order valence-corrected chi connectivity index (χ4v) is 2.85. The minimum atomic E-state index is -4.69. The van der Waals surface area contributed by atoms with E-state index in [1.54, 1.807) is 42.5 Å². The van der Waals surface area contributed by atoms with Crippen LogP contribution in [-0.4, -0.2) is 11.9 Å². The Hall–Kier alpha value is -3.52. The molecule has 0 fully saturated rings. The predicted octanol–water partition coefficient (Wildman–Crippen LogP) is 5.89. The number of hydrogen-bond donors (Lipinski definition) is 1. The number of benzene rings is 2. The highest BCUT2D eigenvalue weighted by molar-refractivity contribution is 6.31. The van der Waals surface area contributed by atoms with E-state index in [4.69, 9.17) is 20.8 Å². The molecule has 0 aliphatic rings. The molecule has 0 unspecified atom stereocenters. The summed E-state index contributed by atoms with van der Waals surface area (Å²) in [6, 6.07) is 14.3. The van der Waals surface area contributed by atoms with Crippen LogP contribution in [0.3, 0.4) is 0 Å². The van der Waals surface area contributed by atoms with E-state index >= 15 is 0 Å². The molecule has 31 heavy (non-hydrogen) atoms. The van der Waals surface area contributed by atoms with Crippen molar-refractivity contribution in [1.82, 2.24) is 0 Å². The summed E-state index contributed by atoms with van der Waals surface area (Å²) in [6.45, 7) is 0. The van der Waals surface area contributed by atoms with Crippen molar-refractivity contribution in [2.45, 2.75) is 12.3 Å². The smallest absolute Gasteiger partial charge is 0.417 e. The van der Waals surface area contributed by atoms with Crippen molar-refractivity contribution in [2.24, 2.45) is 0 Å². The summed E-state index contributed by atoms with van der Waals surface area (Å²) in [5.74, 6) is -1.27. The Balaban J connectivity index is 1.81. The summed E-state index contributed by atoms with van der Waals surface area (Å²) in [6.07, 6.45) is -2.24. The van der Waals surface area contributed by atoms with Crippen molar-refractivity contribution in [1.29, 1.82) is 0 Å². The van der Waals surface area contributed by atoms with Crippen LogP contribution >= 0.6 is 11.6 Å². The molecule has 1 N–H and O–H groups in total. The minimum Gasteiger partial charge on any atom is -0.465 e. The number of ether oxygens (including phenoxy) is 1. The molecule has 5 nitrogen and oxygen atoms in total. The van der Waals surface area contributed by atoms with Crippen LogP contribution in [0.5, 0.6) is 0 Å². The van der Waals surface area contributed by atoms with Crippen molar-refractivity contribution in [3.05, 3.63) is 94.9 Å². The maximum Gasteiger partial charge on any atom is 0.417 e. The number of furan rings is 1. The summed E-state index contributed by atoms with van der Waals surface area (Å²) in [5.41, 5.74) is -0.906. The first-order valence-corrected chi connectivity index (χ1v) is 9.26. The third-order valence-corrected chi connectivity index (χ3v) is 4.37. The monoisotopic (exact) mass is 449 g/mol. The van der Waals surface area contributed by atoms with E-state index in [0.717, 1.165) is 12.1 Å². The number of rotatable bonds is 6. The van der Waals surface area contributed by atoms with Gasteiger partial charge in [-0.3, -0.25) is 4.79 Å². The Kier molecular flexibility index (Phi) is 6.81. The fraction of sp³-hybridized carbons (Fsp3) is 0.0909. The van der Waals surface area contributed by atoms with Crippen molar-refractivity contribution in [3.8, 4) is 0 Å². The molecule has 0 aliphatic heterocycles. The van der Waals surface area contributed by atoms with Gasteiger partial charge in [0.2, 0.25) is 6.10 Å². The second kappa shape index (κ2) is 9.53. The van der Waals surface area contributed by atoms with Crippen molar-refractivity contribution in [2.75, 3.05) is 5.32 Å². The van der Waals surface area contributed by atoms with Crippen LogP contribution in [0.4, 0.5) is 18.9 Å². The average Bonchev–Trinajstić information content (AvgIpc) is 3.25. The molecule has 160 valence electrons. The Morgan fingerprint density at radius 1 is 1.06 bits per heavy atom. The zero-order valence-corrected chi connectivity index (χ0v) is 16.5. The van der Waals surface area contributed by atoms with Gasteiger partial charge in [0, 0.05) is 17.3 Å². The van der Waals surface area contributed by atoms with E-state index in [9.17, 15) is 22.8 Å². The van der Waals surface area contributed by atoms with Crippen molar-refractivity contribution in [3.63, 3.8) is 0 Å². The molecule has 9 heteroatoms. The molecule has 0 bridgehead atoms. The molecule has 0 saturated carbocycles. The Labute approximate surface area is 180 Å². The van der Waals surface area contributed by atoms with E-state index in [1.807, 2.05) is 0 Å². The van der Waals surface area contributed by atoms with Gasteiger partial charge in [-0.1, -0.05) is 41.9 Å². The molecular weight excluding hydrogens is 435 g/mol. The van der Waals surface area contributed by atoms with Crippen LogP contribution in [-0.2, 0) is 20.5 Å². The molecule has 3 rings (SSSR count). The third kappa shape index (κ3) is 5.99. The van der Waals surface area contributed by atoms with Crippen LogP contribution in [0.2, 0.25) is 5.02 Å². The highest BCUT2D eigenvalue weighted by Gasteiger charge is 2.34. The summed E-state index contributed by atoms with van der Waals surface area (Å²) < 4.78 is 49.6. The molecule has 0 aliphatic carbocycles. The molecule has 3 aromatic rings. The van der Waals surface area contributed by atoms with Gasteiger partial charge in [0.05, 0.1) is 16.8 Å². The summed E-state index contributed by atoms with van der Waals surface area (Å²) >= 11 is 5.60. The summed E-state index contributed by atoms with van der Waals surface area (Å²) in [7, 11) is 0. The standard InChI is InChI=1S/C22H15ClF3NO4/c23-18-10-8-15(13-17(18)22(24,25)26)27-21(29)20(14-5-2-1-3-6-14)31-19(28)11-9-16-7-4-12-30-16/h1-13,20H,(H,27,29)/b11-9+/t20-/m0/s1. The molecule has 0 radical (unpaired) electrons. The number of hydrogen-bond acceptors (Lipinski definition) is 4. The second-order valence-corrected chi connectivity index (χ2v) is 6.67. The molecule has 2 aromatic carbocycles. The normalized spacial score (nSPS) is 12.5. The van der Waals surface area contributed by atoms with Crippen LogP contribution < -0.4 is 5.32 Å². The number of carbonyl (C=O) groups is 2. The number of halogens is 4. The molecular formula is C22H15ClF3NO4. The van der Waals surface area contributed by atoms with E-state index in [-0.39, 0.29) is 5.69 Å². The third-order valence-electron chi connectivity index (χ3n) is 4.04. The van der Waals surface area contributed by atoms with Gasteiger partial charge in [0.1, 0.15) is 5.76 Å². The van der Waals surface area contributed by atoms with Gasteiger partial charge in [-0.15, -0.1) is 0 Å². The SMILES string of the molecule is O=C(/C=C/c1ccco1)O[C@H](C(=O)Nc1ccc(Cl)c(C(F)(F)F)c1)c1ccccc1. The second-order valence-electron chi connectivity index (χ2n) is 6.26. The zero-order chi connectivity index (χ0) is 22.4. The van der Waals surface area contributed by atoms with E-state index < -0.39 is 34.7 Å². The van der Waals surface area contributed by atoms with E-state index in [0.29, 0.717) is 17.4 Å².